The lowest BCUT2D eigenvalue weighted by Gasteiger charge is -2.04. The SMILES string of the molecule is C=C(C=CC(C)CC=CC)C(=O)NC1CC1F. The summed E-state index contributed by atoms with van der Waals surface area (Å²) >= 11 is 0. The molecule has 0 aromatic carbocycles. The van der Waals surface area contributed by atoms with E-state index in [0.29, 0.717) is 17.9 Å². The minimum Gasteiger partial charge on any atom is -0.346 e. The second kappa shape index (κ2) is 6.38. The van der Waals surface area contributed by atoms with E-state index in [2.05, 4.69) is 24.9 Å². The number of carbonyl (C=O) groups is 1. The molecule has 0 aromatic heterocycles. The molecule has 1 aliphatic rings. The summed E-state index contributed by atoms with van der Waals surface area (Å²) in [6.07, 6.45) is 8.23. The first kappa shape index (κ1) is 13.7. The van der Waals surface area contributed by atoms with Gasteiger partial charge in [0.25, 0.3) is 5.91 Å². The Kier molecular flexibility index (Phi) is 5.13. The van der Waals surface area contributed by atoms with Gasteiger partial charge in [0.15, 0.2) is 0 Å². The zero-order valence-electron chi connectivity index (χ0n) is 10.4. The summed E-state index contributed by atoms with van der Waals surface area (Å²) < 4.78 is 12.6. The summed E-state index contributed by atoms with van der Waals surface area (Å²) in [6, 6.07) is -0.298. The van der Waals surface area contributed by atoms with E-state index in [-0.39, 0.29) is 11.9 Å². The van der Waals surface area contributed by atoms with Gasteiger partial charge in [-0.25, -0.2) is 4.39 Å². The van der Waals surface area contributed by atoms with Gasteiger partial charge in [-0.3, -0.25) is 4.79 Å². The molecule has 3 heteroatoms. The molecule has 1 aliphatic carbocycles. The van der Waals surface area contributed by atoms with Crippen molar-refractivity contribution in [2.75, 3.05) is 0 Å². The Labute approximate surface area is 102 Å². The Morgan fingerprint density at radius 2 is 2.29 bits per heavy atom. The standard InChI is InChI=1S/C14H20FNO/c1-4-5-6-10(2)7-8-11(3)14(17)16-13-9-12(13)15/h4-5,7-8,10,12-13H,3,6,9H2,1-2H3,(H,16,17). The number of hydrogen-bond acceptors (Lipinski definition) is 1. The maximum Gasteiger partial charge on any atom is 0.250 e. The summed E-state index contributed by atoms with van der Waals surface area (Å²) in [4.78, 5) is 11.5. The summed E-state index contributed by atoms with van der Waals surface area (Å²) in [6.45, 7) is 7.72. The van der Waals surface area contributed by atoms with Crippen LogP contribution in [0.5, 0.6) is 0 Å². The first-order valence-corrected chi connectivity index (χ1v) is 5.97. The van der Waals surface area contributed by atoms with Crippen molar-refractivity contribution in [1.29, 1.82) is 0 Å². The summed E-state index contributed by atoms with van der Waals surface area (Å²) in [5.41, 5.74) is 0.386. The molecule has 2 nitrogen and oxygen atoms in total. The summed E-state index contributed by atoms with van der Waals surface area (Å²) in [5, 5.41) is 2.59. The van der Waals surface area contributed by atoms with Gasteiger partial charge in [0, 0.05) is 12.0 Å². The lowest BCUT2D eigenvalue weighted by atomic mass is 10.1. The number of halogens is 1. The van der Waals surface area contributed by atoms with Crippen LogP contribution < -0.4 is 5.32 Å². The molecule has 3 unspecified atom stereocenters. The Hall–Kier alpha value is -1.38. The summed E-state index contributed by atoms with van der Waals surface area (Å²) in [7, 11) is 0. The second-order valence-electron chi connectivity index (χ2n) is 4.50. The minimum absolute atomic E-state index is 0.273. The van der Waals surface area contributed by atoms with Crippen molar-refractivity contribution in [2.45, 2.75) is 38.9 Å². The third kappa shape index (κ3) is 4.98. The van der Waals surface area contributed by atoms with Crippen LogP contribution in [0.2, 0.25) is 0 Å². The van der Waals surface area contributed by atoms with Crippen molar-refractivity contribution in [3.8, 4) is 0 Å². The molecule has 3 atom stereocenters. The fraction of sp³-hybridized carbons (Fsp3) is 0.500. The van der Waals surface area contributed by atoms with Gasteiger partial charge in [-0.05, 0) is 19.3 Å². The quantitative estimate of drug-likeness (QED) is 0.429. The van der Waals surface area contributed by atoms with E-state index in [9.17, 15) is 9.18 Å². The third-order valence-corrected chi connectivity index (χ3v) is 2.69. The van der Waals surface area contributed by atoms with E-state index in [1.807, 2.05) is 19.1 Å². The van der Waals surface area contributed by atoms with Gasteiger partial charge >= 0.3 is 0 Å². The molecule has 0 radical (unpaired) electrons. The molecule has 1 amide bonds. The highest BCUT2D eigenvalue weighted by molar-refractivity contribution is 5.95. The highest BCUT2D eigenvalue weighted by Gasteiger charge is 2.38. The van der Waals surface area contributed by atoms with Crippen LogP contribution in [0.4, 0.5) is 4.39 Å². The highest BCUT2D eigenvalue weighted by Crippen LogP contribution is 2.25. The number of alkyl halides is 1. The molecular weight excluding hydrogens is 217 g/mol. The molecule has 0 saturated heterocycles. The van der Waals surface area contributed by atoms with Crippen LogP contribution in [-0.4, -0.2) is 18.1 Å². The van der Waals surface area contributed by atoms with Crippen molar-refractivity contribution < 1.29 is 9.18 Å². The van der Waals surface area contributed by atoms with Crippen molar-refractivity contribution in [2.24, 2.45) is 5.92 Å². The van der Waals surface area contributed by atoms with Crippen LogP contribution in [0.3, 0.4) is 0 Å². The lowest BCUT2D eigenvalue weighted by Crippen LogP contribution is -2.27. The Morgan fingerprint density at radius 3 is 2.82 bits per heavy atom. The molecule has 17 heavy (non-hydrogen) atoms. The molecule has 1 rings (SSSR count). The van der Waals surface area contributed by atoms with E-state index in [0.717, 1.165) is 6.42 Å². The molecule has 1 fully saturated rings. The molecule has 1 N–H and O–H groups in total. The smallest absolute Gasteiger partial charge is 0.250 e. The normalized spacial score (nSPS) is 25.1. The predicted octanol–water partition coefficient (Wildman–Crippen LogP) is 2.93. The number of hydrogen-bond donors (Lipinski definition) is 1. The van der Waals surface area contributed by atoms with E-state index in [1.54, 1.807) is 6.08 Å². The molecule has 94 valence electrons. The van der Waals surface area contributed by atoms with E-state index in [1.165, 1.54) is 0 Å². The Morgan fingerprint density at radius 1 is 1.65 bits per heavy atom. The van der Waals surface area contributed by atoms with Gasteiger partial charge in [-0.2, -0.15) is 0 Å². The number of allylic oxidation sites excluding steroid dienone is 3. The van der Waals surface area contributed by atoms with Gasteiger partial charge in [0.1, 0.15) is 6.17 Å². The predicted molar refractivity (Wildman–Crippen MR) is 68.3 cm³/mol. The van der Waals surface area contributed by atoms with Crippen molar-refractivity contribution in [3.63, 3.8) is 0 Å². The van der Waals surface area contributed by atoms with Gasteiger partial charge in [-0.1, -0.05) is 37.8 Å². The van der Waals surface area contributed by atoms with Crippen molar-refractivity contribution in [1.82, 2.24) is 5.32 Å². The van der Waals surface area contributed by atoms with E-state index < -0.39 is 6.17 Å². The van der Waals surface area contributed by atoms with Crippen molar-refractivity contribution >= 4 is 5.91 Å². The first-order valence-electron chi connectivity index (χ1n) is 5.97. The maximum atomic E-state index is 12.6. The monoisotopic (exact) mass is 237 g/mol. The summed E-state index contributed by atoms with van der Waals surface area (Å²) in [5.74, 6) is 0.0928. The van der Waals surface area contributed by atoms with Crippen LogP contribution >= 0.6 is 0 Å². The van der Waals surface area contributed by atoms with Crippen LogP contribution in [0.15, 0.2) is 36.5 Å². The van der Waals surface area contributed by atoms with Crippen LogP contribution in [-0.2, 0) is 4.79 Å². The fourth-order valence-electron chi connectivity index (χ4n) is 1.36. The number of nitrogens with one attached hydrogen (secondary N) is 1. The fourth-order valence-corrected chi connectivity index (χ4v) is 1.36. The van der Waals surface area contributed by atoms with Crippen molar-refractivity contribution in [3.05, 3.63) is 36.5 Å². The number of carbonyl (C=O) groups excluding carboxylic acids is 1. The third-order valence-electron chi connectivity index (χ3n) is 2.69. The van der Waals surface area contributed by atoms with Crippen LogP contribution in [0, 0.1) is 5.92 Å². The van der Waals surface area contributed by atoms with E-state index in [4.69, 9.17) is 0 Å². The van der Waals surface area contributed by atoms with E-state index >= 15 is 0 Å². The number of rotatable bonds is 6. The topological polar surface area (TPSA) is 29.1 Å². The van der Waals surface area contributed by atoms with Gasteiger partial charge in [0.05, 0.1) is 6.04 Å². The molecular formula is C14H20FNO. The molecule has 0 bridgehead atoms. The molecule has 0 aromatic rings. The average Bonchev–Trinajstić information content (AvgIpc) is 2.98. The Bertz CT molecular complexity index is 346. The average molecular weight is 237 g/mol. The highest BCUT2D eigenvalue weighted by atomic mass is 19.1. The van der Waals surface area contributed by atoms with Crippen LogP contribution in [0.25, 0.3) is 0 Å². The molecule has 0 heterocycles. The minimum atomic E-state index is -0.871. The molecule has 1 saturated carbocycles. The Balaban J connectivity index is 2.31. The largest absolute Gasteiger partial charge is 0.346 e. The zero-order valence-corrected chi connectivity index (χ0v) is 10.4. The van der Waals surface area contributed by atoms with Gasteiger partial charge in [-0.15, -0.1) is 0 Å². The molecule has 0 spiro atoms. The second-order valence-corrected chi connectivity index (χ2v) is 4.50. The van der Waals surface area contributed by atoms with Gasteiger partial charge < -0.3 is 5.32 Å². The maximum absolute atomic E-state index is 12.6. The molecule has 0 aliphatic heterocycles. The number of amides is 1. The first-order chi connectivity index (χ1) is 8.04. The lowest BCUT2D eigenvalue weighted by molar-refractivity contribution is -0.117. The van der Waals surface area contributed by atoms with Crippen LogP contribution in [0.1, 0.15) is 26.7 Å². The van der Waals surface area contributed by atoms with Gasteiger partial charge in [0.2, 0.25) is 0 Å². The zero-order chi connectivity index (χ0) is 12.8.